The monoisotopic (exact) mass is 418 g/mol. The molecular formula is C19H22N4O5S. The summed E-state index contributed by atoms with van der Waals surface area (Å²) in [5, 5.41) is 7.49. The van der Waals surface area contributed by atoms with Crippen LogP contribution in [-0.4, -0.2) is 49.2 Å². The van der Waals surface area contributed by atoms with Crippen LogP contribution in [0.15, 0.2) is 29.6 Å². The van der Waals surface area contributed by atoms with E-state index in [1.165, 1.54) is 11.3 Å². The number of amides is 3. The van der Waals surface area contributed by atoms with Crippen molar-refractivity contribution in [1.82, 2.24) is 10.3 Å². The number of ether oxygens (including phenoxy) is 2. The quantitative estimate of drug-likeness (QED) is 0.667. The Hall–Kier alpha value is -3.14. The maximum Gasteiger partial charge on any atom is 0.321 e. The van der Waals surface area contributed by atoms with Gasteiger partial charge in [-0.25, -0.2) is 9.78 Å². The molecule has 2 N–H and O–H groups in total. The molecule has 0 spiro atoms. The fourth-order valence-corrected chi connectivity index (χ4v) is 3.65. The first-order chi connectivity index (χ1) is 14.0. The minimum Gasteiger partial charge on any atom is -0.497 e. The van der Waals surface area contributed by atoms with Crippen LogP contribution in [-0.2, 0) is 20.7 Å². The number of urea groups is 1. The minimum absolute atomic E-state index is 0.0571. The van der Waals surface area contributed by atoms with Crippen LogP contribution in [0.4, 0.5) is 15.6 Å². The Balaban J connectivity index is 1.51. The maximum atomic E-state index is 12.3. The van der Waals surface area contributed by atoms with Crippen molar-refractivity contribution in [3.8, 4) is 5.75 Å². The number of hydrogen-bond acceptors (Lipinski definition) is 7. The zero-order chi connectivity index (χ0) is 20.8. The van der Waals surface area contributed by atoms with Crippen molar-refractivity contribution in [3.05, 3.63) is 35.3 Å². The van der Waals surface area contributed by atoms with Gasteiger partial charge in [0.15, 0.2) is 5.13 Å². The second kappa shape index (κ2) is 9.37. The second-order valence-corrected chi connectivity index (χ2v) is 7.19. The normalized spacial score (nSPS) is 15.9. The van der Waals surface area contributed by atoms with Crippen molar-refractivity contribution < 1.29 is 23.9 Å². The number of thiazole rings is 1. The Morgan fingerprint density at radius 2 is 2.07 bits per heavy atom. The Kier molecular flexibility index (Phi) is 6.65. The Morgan fingerprint density at radius 3 is 2.76 bits per heavy atom. The zero-order valence-corrected chi connectivity index (χ0v) is 17.0. The van der Waals surface area contributed by atoms with E-state index in [4.69, 9.17) is 9.47 Å². The van der Waals surface area contributed by atoms with Crippen molar-refractivity contribution >= 4 is 40.1 Å². The van der Waals surface area contributed by atoms with Crippen LogP contribution in [0.1, 0.15) is 19.0 Å². The van der Waals surface area contributed by atoms with Crippen LogP contribution < -0.4 is 20.3 Å². The lowest BCUT2D eigenvalue weighted by molar-refractivity contribution is -0.142. The first kappa shape index (κ1) is 20.6. The van der Waals surface area contributed by atoms with Gasteiger partial charge in [0.1, 0.15) is 5.75 Å². The number of hydrogen-bond donors (Lipinski definition) is 2. The fraction of sp³-hybridized carbons (Fsp3) is 0.368. The molecule has 1 aliphatic rings. The van der Waals surface area contributed by atoms with E-state index in [1.54, 1.807) is 48.6 Å². The number of rotatable bonds is 7. The van der Waals surface area contributed by atoms with E-state index in [1.807, 2.05) is 0 Å². The molecule has 1 aromatic heterocycles. The third-order valence-corrected chi connectivity index (χ3v) is 5.05. The van der Waals surface area contributed by atoms with E-state index in [0.29, 0.717) is 29.7 Å². The molecule has 1 atom stereocenters. The van der Waals surface area contributed by atoms with Gasteiger partial charge in [-0.3, -0.25) is 14.9 Å². The van der Waals surface area contributed by atoms with Crippen molar-refractivity contribution in [1.29, 1.82) is 0 Å². The van der Waals surface area contributed by atoms with Gasteiger partial charge >= 0.3 is 12.0 Å². The SMILES string of the molecule is CCOC(=O)Cc1csc(NC(=O)NC2CC(=O)N(c3ccc(OC)cc3)C2)n1. The molecule has 9 nitrogen and oxygen atoms in total. The highest BCUT2D eigenvalue weighted by molar-refractivity contribution is 7.13. The van der Waals surface area contributed by atoms with Crippen LogP contribution in [0.25, 0.3) is 0 Å². The van der Waals surface area contributed by atoms with E-state index in [2.05, 4.69) is 15.6 Å². The zero-order valence-electron chi connectivity index (χ0n) is 16.1. The van der Waals surface area contributed by atoms with E-state index < -0.39 is 6.03 Å². The summed E-state index contributed by atoms with van der Waals surface area (Å²) in [6.45, 7) is 2.43. The van der Waals surface area contributed by atoms with Crippen LogP contribution >= 0.6 is 11.3 Å². The molecule has 3 amide bonds. The number of aromatic nitrogens is 1. The number of nitrogens with one attached hydrogen (secondary N) is 2. The molecule has 154 valence electrons. The highest BCUT2D eigenvalue weighted by Crippen LogP contribution is 2.24. The van der Waals surface area contributed by atoms with Gasteiger partial charge in [-0.15, -0.1) is 11.3 Å². The van der Waals surface area contributed by atoms with Gasteiger partial charge in [-0.05, 0) is 31.2 Å². The molecule has 1 saturated heterocycles. The summed E-state index contributed by atoms with van der Waals surface area (Å²) in [7, 11) is 1.58. The molecule has 2 heterocycles. The molecule has 0 bridgehead atoms. The highest BCUT2D eigenvalue weighted by atomic mass is 32.1. The van der Waals surface area contributed by atoms with E-state index in [-0.39, 0.29) is 30.8 Å². The van der Waals surface area contributed by atoms with E-state index in [0.717, 1.165) is 5.69 Å². The third-order valence-electron chi connectivity index (χ3n) is 4.25. The number of carbonyl (C=O) groups excluding carboxylic acids is 3. The Bertz CT molecular complexity index is 883. The third kappa shape index (κ3) is 5.44. The number of carbonyl (C=O) groups is 3. The number of benzene rings is 1. The van der Waals surface area contributed by atoms with Gasteiger partial charge in [0, 0.05) is 24.0 Å². The molecular weight excluding hydrogens is 396 g/mol. The summed E-state index contributed by atoms with van der Waals surface area (Å²) in [6, 6.07) is 6.42. The van der Waals surface area contributed by atoms with Crippen LogP contribution in [0.3, 0.4) is 0 Å². The fourth-order valence-electron chi connectivity index (χ4n) is 2.94. The first-order valence-corrected chi connectivity index (χ1v) is 9.98. The van der Waals surface area contributed by atoms with E-state index in [9.17, 15) is 14.4 Å². The summed E-state index contributed by atoms with van der Waals surface area (Å²) in [4.78, 5) is 41.9. The lowest BCUT2D eigenvalue weighted by Crippen LogP contribution is -2.39. The largest absolute Gasteiger partial charge is 0.497 e. The van der Waals surface area contributed by atoms with Crippen molar-refractivity contribution in [2.45, 2.75) is 25.8 Å². The van der Waals surface area contributed by atoms with Crippen LogP contribution in [0, 0.1) is 0 Å². The van der Waals surface area contributed by atoms with Gasteiger partial charge in [-0.2, -0.15) is 0 Å². The summed E-state index contributed by atoms with van der Waals surface area (Å²) < 4.78 is 10.0. The van der Waals surface area contributed by atoms with Gasteiger partial charge < -0.3 is 19.7 Å². The van der Waals surface area contributed by atoms with Crippen LogP contribution in [0.2, 0.25) is 0 Å². The molecule has 1 unspecified atom stereocenters. The van der Waals surface area contributed by atoms with Crippen molar-refractivity contribution in [2.24, 2.45) is 0 Å². The molecule has 0 aliphatic carbocycles. The summed E-state index contributed by atoms with van der Waals surface area (Å²) in [5.41, 5.74) is 1.29. The summed E-state index contributed by atoms with van der Waals surface area (Å²) >= 11 is 1.22. The number of anilines is 2. The Morgan fingerprint density at radius 1 is 1.31 bits per heavy atom. The van der Waals surface area contributed by atoms with Gasteiger partial charge in [0.2, 0.25) is 5.91 Å². The van der Waals surface area contributed by atoms with Gasteiger partial charge in [0.25, 0.3) is 0 Å². The topological polar surface area (TPSA) is 110 Å². The lowest BCUT2D eigenvalue weighted by atomic mass is 10.2. The molecule has 3 rings (SSSR count). The molecule has 29 heavy (non-hydrogen) atoms. The van der Waals surface area contributed by atoms with Gasteiger partial charge in [-0.1, -0.05) is 0 Å². The molecule has 2 aromatic rings. The predicted molar refractivity (Wildman–Crippen MR) is 108 cm³/mol. The maximum absolute atomic E-state index is 12.3. The highest BCUT2D eigenvalue weighted by Gasteiger charge is 2.31. The van der Waals surface area contributed by atoms with Crippen LogP contribution in [0.5, 0.6) is 5.75 Å². The molecule has 1 aliphatic heterocycles. The average Bonchev–Trinajstić information content (AvgIpc) is 3.27. The summed E-state index contributed by atoms with van der Waals surface area (Å²) in [6.07, 6.45) is 0.271. The molecule has 0 saturated carbocycles. The number of esters is 1. The smallest absolute Gasteiger partial charge is 0.321 e. The molecule has 1 aromatic carbocycles. The standard InChI is InChI=1S/C19H22N4O5S/c1-3-28-17(25)9-13-11-29-19(21-13)22-18(26)20-12-8-16(24)23(10-12)14-4-6-15(27-2)7-5-14/h4-7,11-12H,3,8-10H2,1-2H3,(H2,20,21,22,26). The predicted octanol–water partition coefficient (Wildman–Crippen LogP) is 2.18. The minimum atomic E-state index is -0.448. The Labute approximate surface area is 172 Å². The van der Waals surface area contributed by atoms with Crippen molar-refractivity contribution in [3.63, 3.8) is 0 Å². The second-order valence-electron chi connectivity index (χ2n) is 6.33. The number of methoxy groups -OCH3 is 1. The molecule has 10 heteroatoms. The lowest BCUT2D eigenvalue weighted by Gasteiger charge is -2.17. The first-order valence-electron chi connectivity index (χ1n) is 9.10. The van der Waals surface area contributed by atoms with Crippen molar-refractivity contribution in [2.75, 3.05) is 30.5 Å². The van der Waals surface area contributed by atoms with E-state index >= 15 is 0 Å². The number of nitrogens with zero attached hydrogens (tertiary/aromatic N) is 2. The summed E-state index contributed by atoms with van der Waals surface area (Å²) in [5.74, 6) is 0.281. The average molecular weight is 418 g/mol. The molecule has 1 fully saturated rings. The molecule has 0 radical (unpaired) electrons. The van der Waals surface area contributed by atoms with Gasteiger partial charge in [0.05, 0.1) is 31.9 Å².